The van der Waals surface area contributed by atoms with Crippen molar-refractivity contribution < 1.29 is 14.6 Å². The third-order valence-electron chi connectivity index (χ3n) is 3.06. The maximum absolute atomic E-state index is 11.3. The number of hydrogen-bond donors (Lipinski definition) is 1. The molecule has 0 aliphatic carbocycles. The van der Waals surface area contributed by atoms with Gasteiger partial charge in [0.05, 0.1) is 23.5 Å². The molecule has 0 fully saturated rings. The first-order valence-corrected chi connectivity index (χ1v) is 6.80. The molecule has 1 N–H and O–H groups in total. The topological polar surface area (TPSA) is 64.4 Å². The van der Waals surface area contributed by atoms with Crippen molar-refractivity contribution in [1.82, 2.24) is 9.78 Å². The molecular formula is C15H17ClN2O3. The Balaban J connectivity index is 2.66. The van der Waals surface area contributed by atoms with Crippen molar-refractivity contribution in [1.29, 1.82) is 0 Å². The standard InChI is InChI=1S/C15H17ClN2O3/c1-15(2,3)13-11(16)12(14(19)20)17-18(13)9-5-7-10(21-4)8-6-9/h5-8H,1-4H3,(H,19,20). The van der Waals surface area contributed by atoms with Crippen LogP contribution in [-0.4, -0.2) is 28.0 Å². The van der Waals surface area contributed by atoms with E-state index in [9.17, 15) is 9.90 Å². The molecule has 0 bridgehead atoms. The Labute approximate surface area is 128 Å². The Morgan fingerprint density at radius 3 is 2.29 bits per heavy atom. The van der Waals surface area contributed by atoms with Crippen LogP contribution in [0.15, 0.2) is 24.3 Å². The highest BCUT2D eigenvalue weighted by Crippen LogP contribution is 2.34. The number of rotatable bonds is 3. The van der Waals surface area contributed by atoms with Gasteiger partial charge in [-0.25, -0.2) is 9.48 Å². The molecular weight excluding hydrogens is 292 g/mol. The molecule has 2 aromatic rings. The monoisotopic (exact) mass is 308 g/mol. The number of hydrogen-bond acceptors (Lipinski definition) is 3. The Kier molecular flexibility index (Phi) is 3.96. The summed E-state index contributed by atoms with van der Waals surface area (Å²) in [4.78, 5) is 11.3. The lowest BCUT2D eigenvalue weighted by molar-refractivity contribution is 0.0690. The van der Waals surface area contributed by atoms with Crippen LogP contribution in [0.3, 0.4) is 0 Å². The van der Waals surface area contributed by atoms with Crippen LogP contribution < -0.4 is 4.74 Å². The van der Waals surface area contributed by atoms with Gasteiger partial charge in [-0.05, 0) is 24.3 Å². The number of halogens is 1. The number of benzene rings is 1. The van der Waals surface area contributed by atoms with Crippen molar-refractivity contribution in [3.63, 3.8) is 0 Å². The normalized spacial score (nSPS) is 11.5. The van der Waals surface area contributed by atoms with Crippen molar-refractivity contribution in [3.8, 4) is 11.4 Å². The zero-order valence-corrected chi connectivity index (χ0v) is 13.1. The highest BCUT2D eigenvalue weighted by atomic mass is 35.5. The minimum Gasteiger partial charge on any atom is -0.497 e. The van der Waals surface area contributed by atoms with Crippen molar-refractivity contribution in [2.45, 2.75) is 26.2 Å². The van der Waals surface area contributed by atoms with Crippen LogP contribution in [0.5, 0.6) is 5.75 Å². The van der Waals surface area contributed by atoms with Crippen LogP contribution in [-0.2, 0) is 5.41 Å². The van der Waals surface area contributed by atoms with E-state index in [-0.39, 0.29) is 16.1 Å². The molecule has 0 saturated heterocycles. The summed E-state index contributed by atoms with van der Waals surface area (Å²) < 4.78 is 6.69. The van der Waals surface area contributed by atoms with Crippen LogP contribution in [0.2, 0.25) is 5.02 Å². The molecule has 1 aromatic carbocycles. The first kappa shape index (κ1) is 15.4. The van der Waals surface area contributed by atoms with Gasteiger partial charge in [0.1, 0.15) is 5.75 Å². The molecule has 0 unspecified atom stereocenters. The van der Waals surface area contributed by atoms with Gasteiger partial charge in [-0.3, -0.25) is 0 Å². The van der Waals surface area contributed by atoms with E-state index in [1.807, 2.05) is 32.9 Å². The van der Waals surface area contributed by atoms with Gasteiger partial charge in [0, 0.05) is 5.41 Å². The summed E-state index contributed by atoms with van der Waals surface area (Å²) in [7, 11) is 1.59. The number of ether oxygens (including phenoxy) is 1. The number of methoxy groups -OCH3 is 1. The Bertz CT molecular complexity index is 669. The molecule has 6 heteroatoms. The lowest BCUT2D eigenvalue weighted by atomic mass is 9.91. The van der Waals surface area contributed by atoms with Gasteiger partial charge in [0.2, 0.25) is 0 Å². The second-order valence-corrected chi connectivity index (χ2v) is 6.05. The third kappa shape index (κ3) is 2.88. The van der Waals surface area contributed by atoms with Gasteiger partial charge in [-0.2, -0.15) is 5.10 Å². The van der Waals surface area contributed by atoms with Gasteiger partial charge in [-0.1, -0.05) is 32.4 Å². The predicted molar refractivity (Wildman–Crippen MR) is 80.8 cm³/mol. The molecule has 21 heavy (non-hydrogen) atoms. The van der Waals surface area contributed by atoms with Gasteiger partial charge in [-0.15, -0.1) is 0 Å². The zero-order valence-electron chi connectivity index (χ0n) is 12.3. The molecule has 0 aliphatic heterocycles. The van der Waals surface area contributed by atoms with Crippen LogP contribution in [0.4, 0.5) is 0 Å². The van der Waals surface area contributed by atoms with E-state index in [4.69, 9.17) is 16.3 Å². The fourth-order valence-corrected chi connectivity index (χ4v) is 2.58. The van der Waals surface area contributed by atoms with Crippen molar-refractivity contribution in [3.05, 3.63) is 40.7 Å². The molecule has 5 nitrogen and oxygen atoms in total. The smallest absolute Gasteiger partial charge is 0.358 e. The average molecular weight is 309 g/mol. The van der Waals surface area contributed by atoms with Crippen LogP contribution in [0, 0.1) is 0 Å². The fraction of sp³-hybridized carbons (Fsp3) is 0.333. The summed E-state index contributed by atoms with van der Waals surface area (Å²) >= 11 is 6.23. The Morgan fingerprint density at radius 2 is 1.86 bits per heavy atom. The van der Waals surface area contributed by atoms with E-state index in [2.05, 4.69) is 5.10 Å². The maximum atomic E-state index is 11.3. The SMILES string of the molecule is COc1ccc(-n2nc(C(=O)O)c(Cl)c2C(C)(C)C)cc1. The largest absolute Gasteiger partial charge is 0.497 e. The highest BCUT2D eigenvalue weighted by Gasteiger charge is 2.29. The van der Waals surface area contributed by atoms with Gasteiger partial charge < -0.3 is 9.84 Å². The van der Waals surface area contributed by atoms with E-state index in [0.29, 0.717) is 11.4 Å². The molecule has 0 atom stereocenters. The molecule has 1 aromatic heterocycles. The highest BCUT2D eigenvalue weighted by molar-refractivity contribution is 6.34. The summed E-state index contributed by atoms with van der Waals surface area (Å²) in [5.74, 6) is -0.425. The lowest BCUT2D eigenvalue weighted by Crippen LogP contribution is -2.18. The number of carboxylic acids is 1. The Hall–Kier alpha value is -2.01. The van der Waals surface area contributed by atoms with Gasteiger partial charge in [0.25, 0.3) is 0 Å². The van der Waals surface area contributed by atoms with E-state index < -0.39 is 5.97 Å². The van der Waals surface area contributed by atoms with E-state index in [1.165, 1.54) is 0 Å². The molecule has 0 saturated carbocycles. The van der Waals surface area contributed by atoms with Gasteiger partial charge >= 0.3 is 5.97 Å². The quantitative estimate of drug-likeness (QED) is 0.942. The minimum absolute atomic E-state index is 0.141. The van der Waals surface area contributed by atoms with E-state index >= 15 is 0 Å². The molecule has 0 radical (unpaired) electrons. The summed E-state index contributed by atoms with van der Waals surface area (Å²) in [5, 5.41) is 13.5. The van der Waals surface area contributed by atoms with Crippen molar-refractivity contribution >= 4 is 17.6 Å². The summed E-state index contributed by atoms with van der Waals surface area (Å²) in [6.07, 6.45) is 0. The summed E-state index contributed by atoms with van der Waals surface area (Å²) in [6.45, 7) is 5.88. The maximum Gasteiger partial charge on any atom is 0.358 e. The molecule has 1 heterocycles. The van der Waals surface area contributed by atoms with E-state index in [1.54, 1.807) is 23.9 Å². The fourth-order valence-electron chi connectivity index (χ4n) is 2.09. The summed E-state index contributed by atoms with van der Waals surface area (Å²) in [6, 6.07) is 7.20. The zero-order chi connectivity index (χ0) is 15.8. The van der Waals surface area contributed by atoms with Crippen LogP contribution in [0.25, 0.3) is 5.69 Å². The second kappa shape index (κ2) is 5.41. The lowest BCUT2D eigenvalue weighted by Gasteiger charge is -2.21. The number of carbonyl (C=O) groups is 1. The number of nitrogens with zero attached hydrogens (tertiary/aromatic N) is 2. The first-order chi connectivity index (χ1) is 9.75. The van der Waals surface area contributed by atoms with Gasteiger partial charge in [0.15, 0.2) is 5.69 Å². The van der Waals surface area contributed by atoms with Crippen molar-refractivity contribution in [2.24, 2.45) is 0 Å². The summed E-state index contributed by atoms with van der Waals surface area (Å²) in [5.41, 5.74) is 0.900. The van der Waals surface area contributed by atoms with Crippen LogP contribution in [0.1, 0.15) is 37.0 Å². The molecule has 0 aliphatic rings. The molecule has 112 valence electrons. The average Bonchev–Trinajstić information content (AvgIpc) is 2.76. The number of aromatic carboxylic acids is 1. The minimum atomic E-state index is -1.14. The molecule has 2 rings (SSSR count). The number of aromatic nitrogens is 2. The Morgan fingerprint density at radius 1 is 1.29 bits per heavy atom. The van der Waals surface area contributed by atoms with Crippen LogP contribution >= 0.6 is 11.6 Å². The molecule has 0 amide bonds. The molecule has 0 spiro atoms. The predicted octanol–water partition coefficient (Wildman–Crippen LogP) is 3.53. The second-order valence-electron chi connectivity index (χ2n) is 5.68. The first-order valence-electron chi connectivity index (χ1n) is 6.42. The van der Waals surface area contributed by atoms with Crippen molar-refractivity contribution in [2.75, 3.05) is 7.11 Å². The number of carboxylic acid groups (broad SMARTS) is 1. The third-order valence-corrected chi connectivity index (χ3v) is 3.42. The van der Waals surface area contributed by atoms with E-state index in [0.717, 1.165) is 5.69 Å².